The summed E-state index contributed by atoms with van der Waals surface area (Å²) in [5, 5.41) is 3.92. The molecule has 2 saturated carbocycles. The zero-order valence-corrected chi connectivity index (χ0v) is 13.2. The van der Waals surface area contributed by atoms with Crippen LogP contribution in [0, 0.1) is 5.92 Å². The van der Waals surface area contributed by atoms with Crippen molar-refractivity contribution in [2.75, 3.05) is 32.8 Å². The van der Waals surface area contributed by atoms with E-state index in [-0.39, 0.29) is 0 Å². The summed E-state index contributed by atoms with van der Waals surface area (Å²) in [4.78, 5) is 2.80. The summed E-state index contributed by atoms with van der Waals surface area (Å²) in [5.41, 5.74) is 0.439. The van der Waals surface area contributed by atoms with Crippen LogP contribution in [-0.4, -0.2) is 49.3 Å². The molecule has 3 rings (SSSR count). The third-order valence-corrected chi connectivity index (χ3v) is 5.98. The van der Waals surface area contributed by atoms with Crippen LogP contribution in [0.5, 0.6) is 0 Å². The van der Waals surface area contributed by atoms with Gasteiger partial charge in [0.2, 0.25) is 0 Å². The van der Waals surface area contributed by atoms with Gasteiger partial charge < -0.3 is 10.1 Å². The Morgan fingerprint density at radius 3 is 2.35 bits per heavy atom. The monoisotopic (exact) mass is 280 g/mol. The van der Waals surface area contributed by atoms with E-state index in [0.717, 1.165) is 44.8 Å². The molecule has 1 aliphatic heterocycles. The molecule has 0 aromatic carbocycles. The Balaban J connectivity index is 1.81. The van der Waals surface area contributed by atoms with Crippen molar-refractivity contribution in [3.63, 3.8) is 0 Å². The highest BCUT2D eigenvalue weighted by atomic mass is 16.5. The Hall–Kier alpha value is -0.120. The van der Waals surface area contributed by atoms with Gasteiger partial charge in [-0.2, -0.15) is 0 Å². The molecule has 0 amide bonds. The molecule has 0 radical (unpaired) electrons. The van der Waals surface area contributed by atoms with Gasteiger partial charge in [0, 0.05) is 24.7 Å². The molecule has 3 aliphatic rings. The molecule has 116 valence electrons. The molecule has 1 saturated heterocycles. The van der Waals surface area contributed by atoms with E-state index in [1.165, 1.54) is 51.4 Å². The van der Waals surface area contributed by atoms with Gasteiger partial charge in [-0.05, 0) is 38.1 Å². The van der Waals surface area contributed by atoms with E-state index in [2.05, 4.69) is 17.1 Å². The highest BCUT2D eigenvalue weighted by Crippen LogP contribution is 2.44. The normalized spacial score (nSPS) is 29.9. The minimum atomic E-state index is 0.439. The van der Waals surface area contributed by atoms with Crippen molar-refractivity contribution < 1.29 is 4.74 Å². The van der Waals surface area contributed by atoms with Crippen molar-refractivity contribution >= 4 is 0 Å². The van der Waals surface area contributed by atoms with Gasteiger partial charge in [0.1, 0.15) is 0 Å². The number of likely N-dealkylation sites (N-methyl/N-ethyl adjacent to an activating group) is 1. The SMILES string of the molecule is CCNC(C1CCCC1)C1(N2CCOCC2)CCCC1. The maximum Gasteiger partial charge on any atom is 0.0594 e. The molecule has 20 heavy (non-hydrogen) atoms. The lowest BCUT2D eigenvalue weighted by Crippen LogP contribution is -2.64. The largest absolute Gasteiger partial charge is 0.379 e. The minimum absolute atomic E-state index is 0.439. The van der Waals surface area contributed by atoms with Crippen molar-refractivity contribution in [2.45, 2.75) is 69.9 Å². The quantitative estimate of drug-likeness (QED) is 0.838. The van der Waals surface area contributed by atoms with Crippen LogP contribution in [-0.2, 0) is 4.74 Å². The summed E-state index contributed by atoms with van der Waals surface area (Å²) in [6, 6.07) is 0.718. The summed E-state index contributed by atoms with van der Waals surface area (Å²) in [5.74, 6) is 0.913. The fourth-order valence-electron chi connectivity index (χ4n) is 5.13. The molecule has 0 aromatic heterocycles. The van der Waals surface area contributed by atoms with Gasteiger partial charge in [-0.15, -0.1) is 0 Å². The molecule has 3 heteroatoms. The minimum Gasteiger partial charge on any atom is -0.379 e. The smallest absolute Gasteiger partial charge is 0.0594 e. The molecule has 2 aliphatic carbocycles. The molecular formula is C17H32N2O. The van der Waals surface area contributed by atoms with Crippen LogP contribution in [0.1, 0.15) is 58.3 Å². The molecule has 1 atom stereocenters. The third kappa shape index (κ3) is 2.77. The molecule has 0 bridgehead atoms. The van der Waals surface area contributed by atoms with Gasteiger partial charge in [-0.25, -0.2) is 0 Å². The Morgan fingerprint density at radius 1 is 1.10 bits per heavy atom. The number of ether oxygens (including phenoxy) is 1. The van der Waals surface area contributed by atoms with Crippen molar-refractivity contribution in [3.8, 4) is 0 Å². The molecule has 1 unspecified atom stereocenters. The molecular weight excluding hydrogens is 248 g/mol. The van der Waals surface area contributed by atoms with E-state index in [4.69, 9.17) is 4.74 Å². The summed E-state index contributed by atoms with van der Waals surface area (Å²) in [6.07, 6.45) is 11.4. The summed E-state index contributed by atoms with van der Waals surface area (Å²) in [6.45, 7) is 7.57. The zero-order valence-electron chi connectivity index (χ0n) is 13.2. The lowest BCUT2D eigenvalue weighted by molar-refractivity contribution is -0.0441. The van der Waals surface area contributed by atoms with Crippen LogP contribution < -0.4 is 5.32 Å². The summed E-state index contributed by atoms with van der Waals surface area (Å²) < 4.78 is 5.61. The number of nitrogens with zero attached hydrogens (tertiary/aromatic N) is 1. The van der Waals surface area contributed by atoms with Crippen molar-refractivity contribution in [1.29, 1.82) is 0 Å². The average Bonchev–Trinajstić information content (AvgIpc) is 3.18. The Bertz CT molecular complexity index is 289. The summed E-state index contributed by atoms with van der Waals surface area (Å²) in [7, 11) is 0. The first-order valence-electron chi connectivity index (χ1n) is 8.93. The Labute approximate surface area is 124 Å². The fourth-order valence-corrected chi connectivity index (χ4v) is 5.13. The fraction of sp³-hybridized carbons (Fsp3) is 1.00. The highest BCUT2D eigenvalue weighted by molar-refractivity contribution is 5.06. The first kappa shape index (κ1) is 14.8. The van der Waals surface area contributed by atoms with E-state index >= 15 is 0 Å². The van der Waals surface area contributed by atoms with Gasteiger partial charge in [-0.3, -0.25) is 4.90 Å². The van der Waals surface area contributed by atoms with Crippen LogP contribution in [0.2, 0.25) is 0 Å². The van der Waals surface area contributed by atoms with Crippen molar-refractivity contribution in [2.24, 2.45) is 5.92 Å². The first-order valence-corrected chi connectivity index (χ1v) is 8.93. The molecule has 3 nitrogen and oxygen atoms in total. The maximum absolute atomic E-state index is 5.61. The average molecular weight is 280 g/mol. The Kier molecular flexibility index (Phi) is 5.00. The number of rotatable bonds is 5. The predicted octanol–water partition coefficient (Wildman–Crippen LogP) is 2.80. The van der Waals surface area contributed by atoms with E-state index in [9.17, 15) is 0 Å². The topological polar surface area (TPSA) is 24.5 Å². The molecule has 0 aromatic rings. The molecule has 3 fully saturated rings. The lowest BCUT2D eigenvalue weighted by Gasteiger charge is -2.50. The number of hydrogen-bond donors (Lipinski definition) is 1. The second kappa shape index (κ2) is 6.76. The third-order valence-electron chi connectivity index (χ3n) is 5.98. The van der Waals surface area contributed by atoms with Crippen LogP contribution in [0.25, 0.3) is 0 Å². The van der Waals surface area contributed by atoms with E-state index in [1.54, 1.807) is 0 Å². The Morgan fingerprint density at radius 2 is 1.75 bits per heavy atom. The van der Waals surface area contributed by atoms with Gasteiger partial charge in [0.05, 0.1) is 13.2 Å². The van der Waals surface area contributed by atoms with Crippen LogP contribution in [0.4, 0.5) is 0 Å². The maximum atomic E-state index is 5.61. The number of morpholine rings is 1. The second-order valence-corrected chi connectivity index (χ2v) is 6.99. The number of hydrogen-bond acceptors (Lipinski definition) is 3. The highest BCUT2D eigenvalue weighted by Gasteiger charge is 2.48. The predicted molar refractivity (Wildman–Crippen MR) is 83.0 cm³/mol. The van der Waals surface area contributed by atoms with E-state index < -0.39 is 0 Å². The van der Waals surface area contributed by atoms with Crippen LogP contribution in [0.3, 0.4) is 0 Å². The van der Waals surface area contributed by atoms with Crippen molar-refractivity contribution in [1.82, 2.24) is 10.2 Å². The zero-order chi connectivity index (χ0) is 13.8. The van der Waals surface area contributed by atoms with Gasteiger partial charge >= 0.3 is 0 Å². The van der Waals surface area contributed by atoms with Crippen LogP contribution in [0.15, 0.2) is 0 Å². The lowest BCUT2D eigenvalue weighted by atomic mass is 9.77. The van der Waals surface area contributed by atoms with Crippen LogP contribution >= 0.6 is 0 Å². The van der Waals surface area contributed by atoms with Gasteiger partial charge in [-0.1, -0.05) is 32.6 Å². The standard InChI is InChI=1S/C17H32N2O/c1-2-18-16(15-7-3-4-8-15)17(9-5-6-10-17)19-11-13-20-14-12-19/h15-16,18H,2-14H2,1H3. The summed E-state index contributed by atoms with van der Waals surface area (Å²) >= 11 is 0. The van der Waals surface area contributed by atoms with Gasteiger partial charge in [0.25, 0.3) is 0 Å². The van der Waals surface area contributed by atoms with E-state index in [1.807, 2.05) is 0 Å². The molecule has 1 heterocycles. The van der Waals surface area contributed by atoms with Gasteiger partial charge in [0.15, 0.2) is 0 Å². The van der Waals surface area contributed by atoms with Crippen molar-refractivity contribution in [3.05, 3.63) is 0 Å². The second-order valence-electron chi connectivity index (χ2n) is 6.99. The van der Waals surface area contributed by atoms with E-state index in [0.29, 0.717) is 5.54 Å². The number of nitrogens with one attached hydrogen (secondary N) is 1. The molecule has 1 N–H and O–H groups in total. The molecule has 0 spiro atoms. The first-order chi connectivity index (χ1) is 9.87.